The lowest BCUT2D eigenvalue weighted by atomic mass is 10.1. The van der Waals surface area contributed by atoms with Gasteiger partial charge in [-0.05, 0) is 35.4 Å². The highest BCUT2D eigenvalue weighted by Crippen LogP contribution is 2.34. The van der Waals surface area contributed by atoms with E-state index in [9.17, 15) is 9.59 Å². The number of imide groups is 1. The molecule has 2 amide bonds. The number of fused-ring (bicyclic) bond motifs is 2. The number of nitrogens with zero attached hydrogens (tertiary/aromatic N) is 3. The number of likely N-dealkylation sites (tertiary alicyclic amines) is 1. The Bertz CT molecular complexity index is 1100. The normalized spacial score (nSPS) is 22.4. The molecule has 2 saturated heterocycles. The van der Waals surface area contributed by atoms with Gasteiger partial charge in [0.2, 0.25) is 25.4 Å². The molecule has 33 heavy (non-hydrogen) atoms. The Morgan fingerprint density at radius 1 is 0.727 bits per heavy atom. The van der Waals surface area contributed by atoms with Crippen LogP contribution in [0.1, 0.15) is 17.5 Å². The van der Waals surface area contributed by atoms with Crippen LogP contribution >= 0.6 is 0 Å². The molecule has 4 aliphatic heterocycles. The highest BCUT2D eigenvalue weighted by Gasteiger charge is 2.42. The van der Waals surface area contributed by atoms with Gasteiger partial charge in [0.1, 0.15) is 0 Å². The summed E-state index contributed by atoms with van der Waals surface area (Å²) in [6.07, 6.45) is 0.242. The molecule has 4 aliphatic rings. The lowest BCUT2D eigenvalue weighted by molar-refractivity contribution is -0.140. The summed E-state index contributed by atoms with van der Waals surface area (Å²) < 4.78 is 21.6. The van der Waals surface area contributed by atoms with Crippen LogP contribution in [0.25, 0.3) is 0 Å². The molecule has 0 aliphatic carbocycles. The fourth-order valence-electron chi connectivity index (χ4n) is 4.87. The maximum Gasteiger partial charge on any atom is 0.247 e. The summed E-state index contributed by atoms with van der Waals surface area (Å²) >= 11 is 0. The van der Waals surface area contributed by atoms with Crippen LogP contribution in [-0.4, -0.2) is 72.3 Å². The molecule has 2 aromatic carbocycles. The summed E-state index contributed by atoms with van der Waals surface area (Å²) in [4.78, 5) is 31.7. The van der Waals surface area contributed by atoms with Crippen LogP contribution in [0.15, 0.2) is 36.4 Å². The predicted molar refractivity (Wildman–Crippen MR) is 116 cm³/mol. The number of benzene rings is 2. The first-order valence-electron chi connectivity index (χ1n) is 11.2. The Morgan fingerprint density at radius 2 is 1.30 bits per heavy atom. The quantitative estimate of drug-likeness (QED) is 0.634. The minimum atomic E-state index is -0.376. The monoisotopic (exact) mass is 451 g/mol. The first-order chi connectivity index (χ1) is 16.1. The van der Waals surface area contributed by atoms with E-state index in [2.05, 4.69) is 15.9 Å². The van der Waals surface area contributed by atoms with Crippen LogP contribution in [-0.2, 0) is 22.7 Å². The van der Waals surface area contributed by atoms with Crippen molar-refractivity contribution in [3.05, 3.63) is 47.5 Å². The third kappa shape index (κ3) is 3.87. The Hall–Kier alpha value is -3.30. The smallest absolute Gasteiger partial charge is 0.247 e. The van der Waals surface area contributed by atoms with Gasteiger partial charge in [-0.1, -0.05) is 12.1 Å². The van der Waals surface area contributed by atoms with Crippen molar-refractivity contribution < 1.29 is 28.5 Å². The van der Waals surface area contributed by atoms with Crippen molar-refractivity contribution >= 4 is 11.8 Å². The molecule has 9 nitrogen and oxygen atoms in total. The highest BCUT2D eigenvalue weighted by atomic mass is 16.7. The van der Waals surface area contributed by atoms with E-state index in [1.54, 1.807) is 0 Å². The van der Waals surface area contributed by atoms with Crippen LogP contribution in [0.3, 0.4) is 0 Å². The fraction of sp³-hybridized carbons (Fsp3) is 0.417. The van der Waals surface area contributed by atoms with Crippen molar-refractivity contribution in [2.24, 2.45) is 0 Å². The van der Waals surface area contributed by atoms with E-state index in [1.807, 2.05) is 30.3 Å². The summed E-state index contributed by atoms with van der Waals surface area (Å²) in [6, 6.07) is 11.2. The average molecular weight is 451 g/mol. The first kappa shape index (κ1) is 20.3. The van der Waals surface area contributed by atoms with E-state index in [0.29, 0.717) is 11.5 Å². The van der Waals surface area contributed by atoms with Crippen molar-refractivity contribution in [1.29, 1.82) is 0 Å². The van der Waals surface area contributed by atoms with Gasteiger partial charge >= 0.3 is 0 Å². The number of carbonyl (C=O) groups is 2. The molecule has 2 fully saturated rings. The van der Waals surface area contributed by atoms with Gasteiger partial charge in [0, 0.05) is 32.7 Å². The zero-order chi connectivity index (χ0) is 22.4. The highest BCUT2D eigenvalue weighted by molar-refractivity contribution is 6.05. The first-order valence-corrected chi connectivity index (χ1v) is 11.2. The van der Waals surface area contributed by atoms with Crippen molar-refractivity contribution in [1.82, 2.24) is 14.7 Å². The number of amides is 2. The van der Waals surface area contributed by atoms with Gasteiger partial charge in [-0.3, -0.25) is 24.3 Å². The zero-order valence-corrected chi connectivity index (χ0v) is 18.2. The Labute approximate surface area is 191 Å². The lowest BCUT2D eigenvalue weighted by Gasteiger charge is -2.37. The van der Waals surface area contributed by atoms with Crippen LogP contribution in [0.4, 0.5) is 0 Å². The summed E-state index contributed by atoms with van der Waals surface area (Å²) in [5.41, 5.74) is 2.03. The molecule has 0 saturated carbocycles. The van der Waals surface area contributed by atoms with Crippen LogP contribution in [0, 0.1) is 0 Å². The van der Waals surface area contributed by atoms with E-state index in [1.165, 1.54) is 10.5 Å². The number of carbonyl (C=O) groups excluding carboxylic acids is 2. The van der Waals surface area contributed by atoms with E-state index in [-0.39, 0.29) is 44.4 Å². The lowest BCUT2D eigenvalue weighted by Crippen LogP contribution is -2.52. The molecule has 0 aromatic heterocycles. The predicted octanol–water partition coefficient (Wildman–Crippen LogP) is 1.59. The zero-order valence-electron chi connectivity index (χ0n) is 18.2. The SMILES string of the molecule is O=C1CC(N2CCN(Cc3ccc4c(c3)OCO4)CC2)C(=O)N1Cc1ccc2c(c1)OCO2. The van der Waals surface area contributed by atoms with Crippen LogP contribution < -0.4 is 18.9 Å². The van der Waals surface area contributed by atoms with Gasteiger partial charge in [-0.2, -0.15) is 0 Å². The topological polar surface area (TPSA) is 80.8 Å². The van der Waals surface area contributed by atoms with E-state index >= 15 is 0 Å². The van der Waals surface area contributed by atoms with Crippen molar-refractivity contribution in [2.75, 3.05) is 39.8 Å². The standard InChI is InChI=1S/C24H25N3O6/c28-23-11-18(24(29)27(23)13-17-2-4-20-22(10-17)33-15-31-20)26-7-5-25(6-8-26)12-16-1-3-19-21(9-16)32-14-30-19/h1-4,9-10,18H,5-8,11-15H2. The van der Waals surface area contributed by atoms with Crippen molar-refractivity contribution in [3.8, 4) is 23.0 Å². The Kier molecular flexibility index (Phi) is 5.07. The Morgan fingerprint density at radius 3 is 1.94 bits per heavy atom. The third-order valence-corrected chi connectivity index (χ3v) is 6.69. The molecule has 172 valence electrons. The van der Waals surface area contributed by atoms with Crippen molar-refractivity contribution in [2.45, 2.75) is 25.6 Å². The fourth-order valence-corrected chi connectivity index (χ4v) is 4.87. The number of hydrogen-bond acceptors (Lipinski definition) is 8. The molecule has 0 spiro atoms. The van der Waals surface area contributed by atoms with E-state index in [0.717, 1.165) is 49.8 Å². The molecular formula is C24H25N3O6. The van der Waals surface area contributed by atoms with Gasteiger partial charge in [-0.15, -0.1) is 0 Å². The summed E-state index contributed by atoms with van der Waals surface area (Å²) in [5.74, 6) is 2.70. The number of rotatable bonds is 5. The van der Waals surface area contributed by atoms with Gasteiger partial charge in [0.25, 0.3) is 0 Å². The molecule has 1 unspecified atom stereocenters. The van der Waals surface area contributed by atoms with E-state index < -0.39 is 0 Å². The second-order valence-corrected chi connectivity index (χ2v) is 8.73. The molecule has 1 atom stereocenters. The number of ether oxygens (including phenoxy) is 4. The van der Waals surface area contributed by atoms with Crippen molar-refractivity contribution in [3.63, 3.8) is 0 Å². The maximum absolute atomic E-state index is 13.1. The molecule has 0 N–H and O–H groups in total. The van der Waals surface area contributed by atoms with Gasteiger partial charge in [0.15, 0.2) is 23.0 Å². The molecule has 6 rings (SSSR count). The van der Waals surface area contributed by atoms with Gasteiger partial charge < -0.3 is 18.9 Å². The molecule has 9 heteroatoms. The summed E-state index contributed by atoms with van der Waals surface area (Å²) in [5, 5.41) is 0. The molecule has 2 aromatic rings. The largest absolute Gasteiger partial charge is 0.454 e. The number of piperazine rings is 1. The maximum atomic E-state index is 13.1. The third-order valence-electron chi connectivity index (χ3n) is 6.69. The molecule has 0 bridgehead atoms. The Balaban J connectivity index is 1.05. The van der Waals surface area contributed by atoms with Crippen LogP contribution in [0.2, 0.25) is 0 Å². The van der Waals surface area contributed by atoms with Gasteiger partial charge in [0.05, 0.1) is 19.0 Å². The average Bonchev–Trinajstić information content (AvgIpc) is 3.55. The minimum Gasteiger partial charge on any atom is -0.454 e. The molecule has 0 radical (unpaired) electrons. The molecular weight excluding hydrogens is 426 g/mol. The second kappa shape index (κ2) is 8.24. The second-order valence-electron chi connectivity index (χ2n) is 8.73. The minimum absolute atomic E-state index is 0.109. The van der Waals surface area contributed by atoms with Crippen LogP contribution in [0.5, 0.6) is 23.0 Å². The number of hydrogen-bond donors (Lipinski definition) is 0. The van der Waals surface area contributed by atoms with Gasteiger partial charge in [-0.25, -0.2) is 0 Å². The molecule has 4 heterocycles. The summed E-state index contributed by atoms with van der Waals surface area (Å²) in [7, 11) is 0. The summed E-state index contributed by atoms with van der Waals surface area (Å²) in [6.45, 7) is 4.74. The van der Waals surface area contributed by atoms with E-state index in [4.69, 9.17) is 18.9 Å².